The van der Waals surface area contributed by atoms with Crippen molar-refractivity contribution in [3.63, 3.8) is 0 Å². The monoisotopic (exact) mass is 489 g/mol. The molecule has 0 radical (unpaired) electrons. The number of esters is 1. The average Bonchev–Trinajstić information content (AvgIpc) is 3.24. The molecule has 2 aromatic heterocycles. The number of hydrogen-bond acceptors (Lipinski definition) is 8. The summed E-state index contributed by atoms with van der Waals surface area (Å²) in [6.45, 7) is 14.7. The molecule has 1 spiro atoms. The molecular formula is C23H35N5O5Si. The summed E-state index contributed by atoms with van der Waals surface area (Å²) >= 11 is 0. The molecule has 2 aliphatic rings. The van der Waals surface area contributed by atoms with Crippen molar-refractivity contribution >= 4 is 14.3 Å². The zero-order valence-electron chi connectivity index (χ0n) is 21.0. The highest BCUT2D eigenvalue weighted by molar-refractivity contribution is 6.74. The van der Waals surface area contributed by atoms with Gasteiger partial charge in [0.05, 0.1) is 12.0 Å². The highest BCUT2D eigenvalue weighted by Gasteiger charge is 2.66. The van der Waals surface area contributed by atoms with Crippen molar-refractivity contribution in [2.24, 2.45) is 11.3 Å². The summed E-state index contributed by atoms with van der Waals surface area (Å²) in [5, 5.41) is 4.04. The van der Waals surface area contributed by atoms with E-state index in [1.165, 1.54) is 21.9 Å². The lowest BCUT2D eigenvalue weighted by molar-refractivity contribution is -0.153. The van der Waals surface area contributed by atoms with Crippen LogP contribution in [0.1, 0.15) is 53.7 Å². The second-order valence-electron chi connectivity index (χ2n) is 11.2. The van der Waals surface area contributed by atoms with Gasteiger partial charge in [-0.25, -0.2) is 14.5 Å². The first-order chi connectivity index (χ1) is 15.9. The van der Waals surface area contributed by atoms with Crippen LogP contribution in [0.3, 0.4) is 0 Å². The molecule has 1 aliphatic heterocycles. The maximum absolute atomic E-state index is 13.0. The molecule has 11 heteroatoms. The zero-order chi connectivity index (χ0) is 24.9. The van der Waals surface area contributed by atoms with Gasteiger partial charge in [-0.15, -0.1) is 0 Å². The summed E-state index contributed by atoms with van der Waals surface area (Å²) in [6, 6.07) is 1.71. The van der Waals surface area contributed by atoms with E-state index in [-0.39, 0.29) is 35.1 Å². The predicted molar refractivity (Wildman–Crippen MR) is 127 cm³/mol. The first kappa shape index (κ1) is 24.7. The van der Waals surface area contributed by atoms with Crippen LogP contribution in [0.25, 0.3) is 5.82 Å². The molecule has 0 N–H and O–H groups in total. The van der Waals surface area contributed by atoms with Crippen LogP contribution in [0.15, 0.2) is 29.7 Å². The van der Waals surface area contributed by atoms with E-state index < -0.39 is 26.3 Å². The van der Waals surface area contributed by atoms with Crippen molar-refractivity contribution in [2.75, 3.05) is 6.61 Å². The Balaban J connectivity index is 1.65. The largest absolute Gasteiger partial charge is 0.463 e. The fraction of sp³-hybridized carbons (Fsp3) is 0.696. The third-order valence-electron chi connectivity index (χ3n) is 7.34. The molecule has 4 rings (SSSR count). The molecule has 1 aliphatic carbocycles. The van der Waals surface area contributed by atoms with Crippen molar-refractivity contribution in [2.45, 2.75) is 84.0 Å². The Hall–Kier alpha value is -2.37. The van der Waals surface area contributed by atoms with Gasteiger partial charge in [-0.2, -0.15) is 10.1 Å². The fourth-order valence-electron chi connectivity index (χ4n) is 4.08. The smallest absolute Gasteiger partial charge is 0.351 e. The van der Waals surface area contributed by atoms with E-state index in [1.807, 2.05) is 0 Å². The van der Waals surface area contributed by atoms with Crippen molar-refractivity contribution in [3.8, 4) is 5.82 Å². The Labute approximate surface area is 200 Å². The topological polar surface area (TPSA) is 110 Å². The van der Waals surface area contributed by atoms with E-state index in [9.17, 15) is 9.59 Å². The van der Waals surface area contributed by atoms with Gasteiger partial charge in [0.2, 0.25) is 0 Å². The number of rotatable bonds is 7. The molecule has 1 saturated heterocycles. The number of hydrogen-bond donors (Lipinski definition) is 0. The molecular weight excluding hydrogens is 454 g/mol. The summed E-state index contributed by atoms with van der Waals surface area (Å²) in [5.74, 6) is -0.125. The minimum Gasteiger partial charge on any atom is -0.463 e. The summed E-state index contributed by atoms with van der Waals surface area (Å²) in [5.41, 5.74) is -0.791. The van der Waals surface area contributed by atoms with Crippen LogP contribution in [0.4, 0.5) is 0 Å². The van der Waals surface area contributed by atoms with Crippen LogP contribution in [0, 0.1) is 11.3 Å². The number of carbonyl (C=O) groups is 1. The third kappa shape index (κ3) is 4.48. The van der Waals surface area contributed by atoms with Crippen LogP contribution >= 0.6 is 0 Å². The number of carbonyl (C=O) groups excluding carboxylic acids is 1. The maximum atomic E-state index is 13.0. The van der Waals surface area contributed by atoms with Gasteiger partial charge in [-0.05, 0) is 37.0 Å². The Morgan fingerprint density at radius 2 is 2.03 bits per heavy atom. The quantitative estimate of drug-likeness (QED) is 0.431. The van der Waals surface area contributed by atoms with Gasteiger partial charge in [-0.1, -0.05) is 34.6 Å². The average molecular weight is 490 g/mol. The molecule has 3 atom stereocenters. The second kappa shape index (κ2) is 8.69. The molecule has 10 nitrogen and oxygen atoms in total. The minimum absolute atomic E-state index is 0.00182. The van der Waals surface area contributed by atoms with Crippen LogP contribution in [-0.4, -0.2) is 57.4 Å². The molecule has 2 aromatic rings. The minimum atomic E-state index is -2.17. The van der Waals surface area contributed by atoms with Crippen molar-refractivity contribution < 1.29 is 18.7 Å². The van der Waals surface area contributed by atoms with E-state index in [0.717, 1.165) is 12.8 Å². The lowest BCUT2D eigenvalue weighted by Crippen LogP contribution is -2.49. The maximum Gasteiger partial charge on any atom is 0.351 e. The van der Waals surface area contributed by atoms with Gasteiger partial charge < -0.3 is 13.9 Å². The van der Waals surface area contributed by atoms with Crippen molar-refractivity contribution in [1.29, 1.82) is 0 Å². The van der Waals surface area contributed by atoms with E-state index in [1.54, 1.807) is 26.1 Å². The summed E-state index contributed by atoms with van der Waals surface area (Å²) in [4.78, 5) is 33.3. The first-order valence-corrected chi connectivity index (χ1v) is 14.7. The van der Waals surface area contributed by atoms with Crippen LogP contribution in [-0.2, 0) is 18.7 Å². The zero-order valence-corrected chi connectivity index (χ0v) is 22.0. The lowest BCUT2D eigenvalue weighted by atomic mass is 9.96. The molecule has 0 unspecified atom stereocenters. The standard InChI is InChI=1S/C23H35N5O5Si/c1-15(2)19(29)31-12-16-18(33-34(6,7)22(3,4)5)23(9-10-23)20(32-16)27-11-8-17(26-21(27)30)28-14-24-13-25-28/h8,11,13-16,18,20H,9-10,12H2,1-7H3/t16-,18-,20-/m1/s1. The predicted octanol–water partition coefficient (Wildman–Crippen LogP) is 3.09. The number of ether oxygens (including phenoxy) is 2. The summed E-state index contributed by atoms with van der Waals surface area (Å²) in [7, 11) is -2.17. The SMILES string of the molecule is CC(C)C(=O)OC[C@H]1O[C@@H](n2ccc(-n3cncn3)nc2=O)C2(CC2)[C@@H]1O[Si](C)(C)C(C)(C)C. The molecule has 0 bridgehead atoms. The van der Waals surface area contributed by atoms with E-state index >= 15 is 0 Å². The van der Waals surface area contributed by atoms with Gasteiger partial charge in [-0.3, -0.25) is 9.36 Å². The number of aromatic nitrogens is 5. The van der Waals surface area contributed by atoms with Crippen molar-refractivity contribution in [3.05, 3.63) is 35.4 Å². The molecule has 186 valence electrons. The molecule has 0 aromatic carbocycles. The molecule has 1 saturated carbocycles. The van der Waals surface area contributed by atoms with Gasteiger partial charge in [0.25, 0.3) is 0 Å². The van der Waals surface area contributed by atoms with E-state index in [0.29, 0.717) is 5.82 Å². The second-order valence-corrected chi connectivity index (χ2v) is 15.9. The van der Waals surface area contributed by atoms with Crippen LogP contribution in [0.5, 0.6) is 0 Å². The summed E-state index contributed by atoms with van der Waals surface area (Å²) in [6.07, 6.45) is 5.00. The molecule has 3 heterocycles. The Bertz CT molecular complexity index is 1090. The number of nitrogens with zero attached hydrogens (tertiary/aromatic N) is 5. The van der Waals surface area contributed by atoms with E-state index in [2.05, 4.69) is 48.9 Å². The lowest BCUT2D eigenvalue weighted by Gasteiger charge is -2.41. The van der Waals surface area contributed by atoms with Gasteiger partial charge in [0.1, 0.15) is 31.6 Å². The Morgan fingerprint density at radius 3 is 2.56 bits per heavy atom. The molecule has 0 amide bonds. The van der Waals surface area contributed by atoms with E-state index in [4.69, 9.17) is 13.9 Å². The van der Waals surface area contributed by atoms with Gasteiger partial charge in [0, 0.05) is 11.6 Å². The highest BCUT2D eigenvalue weighted by Crippen LogP contribution is 2.64. The fourth-order valence-corrected chi connectivity index (χ4v) is 5.46. The van der Waals surface area contributed by atoms with Gasteiger partial charge in [0.15, 0.2) is 14.1 Å². The van der Waals surface area contributed by atoms with Gasteiger partial charge >= 0.3 is 11.7 Å². The van der Waals surface area contributed by atoms with Crippen LogP contribution < -0.4 is 5.69 Å². The first-order valence-electron chi connectivity index (χ1n) is 11.8. The van der Waals surface area contributed by atoms with Crippen molar-refractivity contribution in [1.82, 2.24) is 24.3 Å². The Kier molecular flexibility index (Phi) is 6.32. The Morgan fingerprint density at radius 1 is 1.32 bits per heavy atom. The molecule has 2 fully saturated rings. The highest BCUT2D eigenvalue weighted by atomic mass is 28.4. The van der Waals surface area contributed by atoms with Crippen LogP contribution in [0.2, 0.25) is 18.1 Å². The normalized spacial score (nSPS) is 24.1. The molecule has 34 heavy (non-hydrogen) atoms. The third-order valence-corrected chi connectivity index (χ3v) is 11.8. The summed E-state index contributed by atoms with van der Waals surface area (Å²) < 4.78 is 21.9.